The van der Waals surface area contributed by atoms with Crippen LogP contribution in [0.3, 0.4) is 0 Å². The van der Waals surface area contributed by atoms with Gasteiger partial charge in [0.1, 0.15) is 10.7 Å². The number of aliphatic hydroxyl groups excluding tert-OH is 1. The Morgan fingerprint density at radius 2 is 1.72 bits per heavy atom. The first-order valence-corrected chi connectivity index (χ1v) is 13.3. The molecular formula is C20H24ClFN2O6S2. The predicted molar refractivity (Wildman–Crippen MR) is 117 cm³/mol. The summed E-state index contributed by atoms with van der Waals surface area (Å²) in [5.41, 5.74) is 0. The van der Waals surface area contributed by atoms with E-state index in [2.05, 4.69) is 9.44 Å². The van der Waals surface area contributed by atoms with Gasteiger partial charge >= 0.3 is 0 Å². The third kappa shape index (κ3) is 6.25. The van der Waals surface area contributed by atoms with E-state index in [-0.39, 0.29) is 27.5 Å². The van der Waals surface area contributed by atoms with Crippen LogP contribution in [-0.4, -0.2) is 53.3 Å². The molecule has 0 amide bonds. The van der Waals surface area contributed by atoms with Crippen LogP contribution >= 0.6 is 11.6 Å². The maximum absolute atomic E-state index is 13.0. The van der Waals surface area contributed by atoms with E-state index in [0.29, 0.717) is 19.3 Å². The highest BCUT2D eigenvalue weighted by molar-refractivity contribution is 7.89. The summed E-state index contributed by atoms with van der Waals surface area (Å²) in [5, 5.41) is 9.79. The number of hydrogen-bond donors (Lipinski definition) is 3. The van der Waals surface area contributed by atoms with E-state index in [1.165, 1.54) is 24.3 Å². The minimum absolute atomic E-state index is 0.0502. The van der Waals surface area contributed by atoms with Gasteiger partial charge in [-0.25, -0.2) is 30.7 Å². The fraction of sp³-hybridized carbons (Fsp3) is 0.400. The predicted octanol–water partition coefficient (Wildman–Crippen LogP) is 2.03. The third-order valence-electron chi connectivity index (χ3n) is 5.11. The lowest BCUT2D eigenvalue weighted by atomic mass is 9.98. The van der Waals surface area contributed by atoms with Gasteiger partial charge in [0, 0.05) is 6.54 Å². The number of rotatable bonds is 9. The van der Waals surface area contributed by atoms with Gasteiger partial charge in [0.2, 0.25) is 20.0 Å². The highest BCUT2D eigenvalue weighted by Gasteiger charge is 2.34. The number of nitrogens with one attached hydrogen (secondary N) is 2. The number of halogens is 2. The standard InChI is InChI=1S/C20H24ClFN2O6S2/c21-17-3-1-2-4-20(17)32(28,29)24-18-10-7-15(30-19(18)13-25)11-12-23-31(26,27)16-8-5-14(22)6-9-16/h1-6,8-9,15,18-19,23-25H,7,10-13H2/t15-,18-,19-/m0/s1. The summed E-state index contributed by atoms with van der Waals surface area (Å²) in [5.74, 6) is -0.533. The monoisotopic (exact) mass is 506 g/mol. The van der Waals surface area contributed by atoms with Gasteiger partial charge in [-0.3, -0.25) is 0 Å². The molecule has 32 heavy (non-hydrogen) atoms. The van der Waals surface area contributed by atoms with E-state index in [0.717, 1.165) is 12.1 Å². The summed E-state index contributed by atoms with van der Waals surface area (Å²) in [7, 11) is -7.70. The highest BCUT2D eigenvalue weighted by atomic mass is 35.5. The van der Waals surface area contributed by atoms with Gasteiger partial charge in [-0.1, -0.05) is 23.7 Å². The van der Waals surface area contributed by atoms with Crippen LogP contribution in [0.1, 0.15) is 19.3 Å². The lowest BCUT2D eigenvalue weighted by Gasteiger charge is -2.36. The van der Waals surface area contributed by atoms with Crippen LogP contribution in [0.2, 0.25) is 5.02 Å². The fourth-order valence-corrected chi connectivity index (χ4v) is 6.32. The molecule has 0 saturated carbocycles. The molecule has 1 saturated heterocycles. The zero-order valence-electron chi connectivity index (χ0n) is 16.9. The minimum Gasteiger partial charge on any atom is -0.394 e. The average molecular weight is 507 g/mol. The normalized spacial score (nSPS) is 22.0. The van der Waals surface area contributed by atoms with Crippen molar-refractivity contribution < 1.29 is 31.1 Å². The number of ether oxygens (including phenoxy) is 1. The molecule has 1 fully saturated rings. The molecule has 0 bridgehead atoms. The summed E-state index contributed by atoms with van der Waals surface area (Å²) >= 11 is 5.99. The quantitative estimate of drug-likeness (QED) is 0.478. The molecule has 0 aliphatic carbocycles. The van der Waals surface area contributed by atoms with E-state index >= 15 is 0 Å². The second-order valence-electron chi connectivity index (χ2n) is 7.36. The topological polar surface area (TPSA) is 122 Å². The molecule has 1 aliphatic heterocycles. The van der Waals surface area contributed by atoms with E-state index in [4.69, 9.17) is 16.3 Å². The fourth-order valence-electron chi connectivity index (χ4n) is 3.46. The Morgan fingerprint density at radius 3 is 2.38 bits per heavy atom. The summed E-state index contributed by atoms with van der Waals surface area (Å²) in [6, 6.07) is 9.86. The average Bonchev–Trinajstić information content (AvgIpc) is 2.75. The zero-order chi connectivity index (χ0) is 23.4. The Balaban J connectivity index is 1.55. The molecular weight excluding hydrogens is 483 g/mol. The molecule has 3 rings (SSSR count). The highest BCUT2D eigenvalue weighted by Crippen LogP contribution is 2.25. The van der Waals surface area contributed by atoms with Gasteiger partial charge in [-0.05, 0) is 55.7 Å². The summed E-state index contributed by atoms with van der Waals surface area (Å²) < 4.78 is 73.7. The van der Waals surface area contributed by atoms with E-state index in [9.17, 15) is 26.3 Å². The van der Waals surface area contributed by atoms with Crippen molar-refractivity contribution in [1.82, 2.24) is 9.44 Å². The van der Waals surface area contributed by atoms with Gasteiger partial charge in [0.05, 0.1) is 34.8 Å². The zero-order valence-corrected chi connectivity index (χ0v) is 19.3. The van der Waals surface area contributed by atoms with E-state index in [1.807, 2.05) is 0 Å². The summed E-state index contributed by atoms with van der Waals surface area (Å²) in [4.78, 5) is -0.110. The van der Waals surface area contributed by atoms with Crippen molar-refractivity contribution in [2.24, 2.45) is 0 Å². The first kappa shape index (κ1) is 25.0. The number of sulfonamides is 2. The van der Waals surface area contributed by atoms with Gasteiger partial charge in [0.25, 0.3) is 0 Å². The lowest BCUT2D eigenvalue weighted by molar-refractivity contribution is -0.0869. The van der Waals surface area contributed by atoms with Crippen molar-refractivity contribution in [3.8, 4) is 0 Å². The Bertz CT molecular complexity index is 1130. The molecule has 2 aromatic carbocycles. The third-order valence-corrected chi connectivity index (χ3v) is 8.58. The second-order valence-corrected chi connectivity index (χ2v) is 11.2. The van der Waals surface area contributed by atoms with E-state index < -0.39 is 44.6 Å². The first-order chi connectivity index (χ1) is 15.1. The summed E-state index contributed by atoms with van der Waals surface area (Å²) in [6.07, 6.45) is 0.0132. The van der Waals surface area contributed by atoms with Crippen LogP contribution in [0.15, 0.2) is 58.3 Å². The molecule has 12 heteroatoms. The van der Waals surface area contributed by atoms with Gasteiger partial charge < -0.3 is 9.84 Å². The van der Waals surface area contributed by atoms with Crippen molar-refractivity contribution >= 4 is 31.6 Å². The Hall–Kier alpha value is -1.60. The van der Waals surface area contributed by atoms with Crippen LogP contribution in [0.25, 0.3) is 0 Å². The van der Waals surface area contributed by atoms with Gasteiger partial charge in [-0.15, -0.1) is 0 Å². The smallest absolute Gasteiger partial charge is 0.242 e. The maximum Gasteiger partial charge on any atom is 0.242 e. The molecule has 0 aromatic heterocycles. The summed E-state index contributed by atoms with van der Waals surface area (Å²) in [6.45, 7) is -0.341. The van der Waals surface area contributed by atoms with Crippen molar-refractivity contribution in [3.05, 3.63) is 59.4 Å². The first-order valence-electron chi connectivity index (χ1n) is 9.91. The minimum atomic E-state index is -3.91. The Labute approximate surface area is 191 Å². The van der Waals surface area contributed by atoms with Crippen LogP contribution < -0.4 is 9.44 Å². The molecule has 3 N–H and O–H groups in total. The Kier molecular flexibility index (Phi) is 8.26. The molecule has 176 valence electrons. The van der Waals surface area contributed by atoms with Crippen LogP contribution in [0.5, 0.6) is 0 Å². The van der Waals surface area contributed by atoms with Crippen LogP contribution in [-0.2, 0) is 24.8 Å². The van der Waals surface area contributed by atoms with Gasteiger partial charge in [-0.2, -0.15) is 0 Å². The molecule has 3 atom stereocenters. The number of hydrogen-bond acceptors (Lipinski definition) is 6. The molecule has 2 aromatic rings. The molecule has 0 spiro atoms. The number of benzene rings is 2. The molecule has 0 radical (unpaired) electrons. The SMILES string of the molecule is O=S(=O)(NCC[C@@H]1CC[C@H](NS(=O)(=O)c2ccccc2Cl)[C@H](CO)O1)c1ccc(F)cc1. The molecule has 1 heterocycles. The van der Waals surface area contributed by atoms with E-state index in [1.54, 1.807) is 12.1 Å². The van der Waals surface area contributed by atoms with Gasteiger partial charge in [0.15, 0.2) is 0 Å². The van der Waals surface area contributed by atoms with Crippen molar-refractivity contribution in [3.63, 3.8) is 0 Å². The number of aliphatic hydroxyl groups is 1. The van der Waals surface area contributed by atoms with Crippen LogP contribution in [0, 0.1) is 5.82 Å². The Morgan fingerprint density at radius 1 is 1.03 bits per heavy atom. The second kappa shape index (κ2) is 10.6. The molecule has 1 aliphatic rings. The van der Waals surface area contributed by atoms with Crippen molar-refractivity contribution in [2.75, 3.05) is 13.2 Å². The molecule has 8 nitrogen and oxygen atoms in total. The lowest BCUT2D eigenvalue weighted by Crippen LogP contribution is -2.51. The van der Waals surface area contributed by atoms with Crippen molar-refractivity contribution in [1.29, 1.82) is 0 Å². The maximum atomic E-state index is 13.0. The van der Waals surface area contributed by atoms with Crippen molar-refractivity contribution in [2.45, 2.75) is 47.3 Å². The largest absolute Gasteiger partial charge is 0.394 e. The molecule has 0 unspecified atom stereocenters. The van der Waals surface area contributed by atoms with Crippen LogP contribution in [0.4, 0.5) is 4.39 Å².